The number of hydrogen-bond donors (Lipinski definition) is 1. The van der Waals surface area contributed by atoms with Gasteiger partial charge < -0.3 is 5.11 Å². The molecule has 0 saturated carbocycles. The number of pyridine rings is 1. The van der Waals surface area contributed by atoms with Crippen molar-refractivity contribution in [2.45, 2.75) is 19.4 Å². The normalized spacial score (nSPS) is 11.9. The molecule has 144 valence electrons. The standard InChI is InChI=1S/C27H26NO/c1-2-25(20-29)28-26(22-14-8-4-9-15-22)18-24(21-12-6-3-7-13-21)19-27(28)23-16-10-5-11-17-23/h3-19,25,29H,2,20H2,1H3/q+1. The van der Waals surface area contributed by atoms with Crippen LogP contribution in [0.2, 0.25) is 0 Å². The van der Waals surface area contributed by atoms with Crippen LogP contribution in [0, 0.1) is 0 Å². The van der Waals surface area contributed by atoms with Crippen molar-refractivity contribution >= 4 is 0 Å². The van der Waals surface area contributed by atoms with Crippen LogP contribution in [-0.4, -0.2) is 11.7 Å². The van der Waals surface area contributed by atoms with E-state index in [1.807, 2.05) is 18.2 Å². The molecule has 0 radical (unpaired) electrons. The van der Waals surface area contributed by atoms with E-state index in [-0.39, 0.29) is 12.6 Å². The minimum absolute atomic E-state index is 0.00485. The maximum absolute atomic E-state index is 10.2. The van der Waals surface area contributed by atoms with Crippen molar-refractivity contribution < 1.29 is 9.67 Å². The van der Waals surface area contributed by atoms with Crippen LogP contribution in [0.5, 0.6) is 0 Å². The first-order valence-electron chi connectivity index (χ1n) is 10.2. The number of aromatic nitrogens is 1. The van der Waals surface area contributed by atoms with Crippen molar-refractivity contribution in [3.05, 3.63) is 103 Å². The van der Waals surface area contributed by atoms with Gasteiger partial charge in [0.25, 0.3) is 0 Å². The molecule has 4 rings (SSSR count). The van der Waals surface area contributed by atoms with Gasteiger partial charge >= 0.3 is 0 Å². The van der Waals surface area contributed by atoms with Gasteiger partial charge in [-0.3, -0.25) is 0 Å². The smallest absolute Gasteiger partial charge is 0.213 e. The first-order chi connectivity index (χ1) is 14.3. The Bertz CT molecular complexity index is 995. The molecule has 0 aliphatic rings. The highest BCUT2D eigenvalue weighted by Crippen LogP contribution is 2.30. The lowest BCUT2D eigenvalue weighted by atomic mass is 9.97. The molecule has 1 heterocycles. The summed E-state index contributed by atoms with van der Waals surface area (Å²) in [6.45, 7) is 2.23. The second-order valence-electron chi connectivity index (χ2n) is 7.23. The van der Waals surface area contributed by atoms with Crippen LogP contribution in [-0.2, 0) is 0 Å². The van der Waals surface area contributed by atoms with Gasteiger partial charge in [-0.05, 0) is 35.4 Å². The largest absolute Gasteiger partial charge is 0.389 e. The van der Waals surface area contributed by atoms with Crippen molar-refractivity contribution in [2.75, 3.05) is 6.61 Å². The van der Waals surface area contributed by atoms with E-state index < -0.39 is 0 Å². The zero-order valence-corrected chi connectivity index (χ0v) is 16.7. The quantitative estimate of drug-likeness (QED) is 0.413. The van der Waals surface area contributed by atoms with E-state index in [9.17, 15) is 5.11 Å². The highest BCUT2D eigenvalue weighted by Gasteiger charge is 2.28. The molecular formula is C27H26NO+. The van der Waals surface area contributed by atoms with Crippen molar-refractivity contribution in [2.24, 2.45) is 0 Å². The number of rotatable bonds is 6. The molecule has 1 atom stereocenters. The van der Waals surface area contributed by atoms with Gasteiger partial charge in [-0.25, -0.2) is 0 Å². The zero-order valence-electron chi connectivity index (χ0n) is 16.7. The fourth-order valence-electron chi connectivity index (χ4n) is 3.85. The Balaban J connectivity index is 2.06. The third-order valence-electron chi connectivity index (χ3n) is 5.40. The monoisotopic (exact) mass is 380 g/mol. The average molecular weight is 381 g/mol. The molecule has 1 unspecified atom stereocenters. The summed E-state index contributed by atoms with van der Waals surface area (Å²) in [4.78, 5) is 0. The van der Waals surface area contributed by atoms with E-state index in [0.29, 0.717) is 0 Å². The first-order valence-corrected chi connectivity index (χ1v) is 10.2. The molecule has 0 amide bonds. The number of nitrogens with zero attached hydrogens (tertiary/aromatic N) is 1. The highest BCUT2D eigenvalue weighted by atomic mass is 16.3. The van der Waals surface area contributed by atoms with Gasteiger partial charge in [0.05, 0.1) is 0 Å². The summed E-state index contributed by atoms with van der Waals surface area (Å²) in [6.07, 6.45) is 0.853. The van der Waals surface area contributed by atoms with Gasteiger partial charge in [0.1, 0.15) is 6.61 Å². The fraction of sp³-hybridized carbons (Fsp3) is 0.148. The summed E-state index contributed by atoms with van der Waals surface area (Å²) >= 11 is 0. The third-order valence-corrected chi connectivity index (χ3v) is 5.40. The molecule has 0 aliphatic carbocycles. The topological polar surface area (TPSA) is 24.1 Å². The van der Waals surface area contributed by atoms with Crippen LogP contribution in [0.1, 0.15) is 19.4 Å². The van der Waals surface area contributed by atoms with Crippen LogP contribution < -0.4 is 4.57 Å². The second kappa shape index (κ2) is 8.85. The predicted octanol–water partition coefficient (Wildman–Crippen LogP) is 5.92. The van der Waals surface area contributed by atoms with Crippen molar-refractivity contribution in [3.63, 3.8) is 0 Å². The molecule has 0 fully saturated rings. The number of hydrogen-bond acceptors (Lipinski definition) is 1. The molecule has 2 heteroatoms. The summed E-state index contributed by atoms with van der Waals surface area (Å²) in [6, 6.07) is 35.9. The SMILES string of the molecule is CCC(CO)[n+]1c(-c2ccccc2)cc(-c2ccccc2)cc1-c1ccccc1. The van der Waals surface area contributed by atoms with Crippen LogP contribution in [0.4, 0.5) is 0 Å². The summed E-state index contributed by atoms with van der Waals surface area (Å²) in [5.74, 6) is 0. The first kappa shape index (κ1) is 19.1. The van der Waals surface area contributed by atoms with E-state index in [4.69, 9.17) is 0 Å². The molecule has 0 bridgehead atoms. The van der Waals surface area contributed by atoms with Crippen LogP contribution >= 0.6 is 0 Å². The van der Waals surface area contributed by atoms with E-state index >= 15 is 0 Å². The van der Waals surface area contributed by atoms with E-state index in [1.54, 1.807) is 0 Å². The van der Waals surface area contributed by atoms with Crippen LogP contribution in [0.3, 0.4) is 0 Å². The molecule has 0 saturated heterocycles. The third kappa shape index (κ3) is 3.98. The molecule has 2 nitrogen and oxygen atoms in total. The molecular weight excluding hydrogens is 354 g/mol. The number of aliphatic hydroxyl groups is 1. The minimum Gasteiger partial charge on any atom is -0.389 e. The Morgan fingerprint density at radius 2 is 1.03 bits per heavy atom. The van der Waals surface area contributed by atoms with E-state index in [2.05, 4.69) is 96.4 Å². The van der Waals surface area contributed by atoms with Gasteiger partial charge in [-0.1, -0.05) is 73.7 Å². The highest BCUT2D eigenvalue weighted by molar-refractivity contribution is 5.73. The van der Waals surface area contributed by atoms with Crippen molar-refractivity contribution in [3.8, 4) is 33.6 Å². The lowest BCUT2D eigenvalue weighted by Crippen LogP contribution is -2.45. The average Bonchev–Trinajstić information content (AvgIpc) is 2.81. The van der Waals surface area contributed by atoms with Gasteiger partial charge in [-0.15, -0.1) is 0 Å². The Morgan fingerprint density at radius 3 is 1.41 bits per heavy atom. The van der Waals surface area contributed by atoms with Gasteiger partial charge in [0.2, 0.25) is 11.4 Å². The Labute approximate surface area is 172 Å². The van der Waals surface area contributed by atoms with Gasteiger partial charge in [-0.2, -0.15) is 4.57 Å². The number of benzene rings is 3. The minimum atomic E-state index is 0.00485. The molecule has 4 aromatic rings. The Morgan fingerprint density at radius 1 is 0.621 bits per heavy atom. The Hall–Kier alpha value is -3.23. The summed E-state index contributed by atoms with van der Waals surface area (Å²) < 4.78 is 2.30. The van der Waals surface area contributed by atoms with Gasteiger partial charge in [0, 0.05) is 29.7 Å². The zero-order chi connectivity index (χ0) is 20.1. The predicted molar refractivity (Wildman–Crippen MR) is 119 cm³/mol. The molecule has 1 N–H and O–H groups in total. The van der Waals surface area contributed by atoms with Gasteiger partial charge in [0.15, 0.2) is 6.04 Å². The molecule has 3 aromatic carbocycles. The molecule has 0 spiro atoms. The maximum Gasteiger partial charge on any atom is 0.213 e. The Kier molecular flexibility index (Phi) is 5.83. The molecule has 0 aliphatic heterocycles. The lowest BCUT2D eigenvalue weighted by Gasteiger charge is -2.17. The van der Waals surface area contributed by atoms with Crippen LogP contribution in [0.25, 0.3) is 33.6 Å². The summed E-state index contributed by atoms with van der Waals surface area (Å²) in [7, 11) is 0. The summed E-state index contributed by atoms with van der Waals surface area (Å²) in [5.41, 5.74) is 6.89. The van der Waals surface area contributed by atoms with Crippen molar-refractivity contribution in [1.29, 1.82) is 0 Å². The lowest BCUT2D eigenvalue weighted by molar-refractivity contribution is -0.704. The molecule has 1 aromatic heterocycles. The summed E-state index contributed by atoms with van der Waals surface area (Å²) in [5, 5.41) is 10.2. The maximum atomic E-state index is 10.2. The van der Waals surface area contributed by atoms with E-state index in [0.717, 1.165) is 28.9 Å². The fourth-order valence-corrected chi connectivity index (χ4v) is 3.85. The second-order valence-corrected chi connectivity index (χ2v) is 7.23. The van der Waals surface area contributed by atoms with E-state index in [1.165, 1.54) is 11.1 Å². The van der Waals surface area contributed by atoms with Crippen LogP contribution in [0.15, 0.2) is 103 Å². The molecule has 29 heavy (non-hydrogen) atoms. The number of aliphatic hydroxyl groups excluding tert-OH is 1. The van der Waals surface area contributed by atoms with Crippen molar-refractivity contribution in [1.82, 2.24) is 0 Å².